The normalized spacial score (nSPS) is 18.6. The number of aryl methyl sites for hydroxylation is 1. The highest BCUT2D eigenvalue weighted by molar-refractivity contribution is 6.02. The summed E-state index contributed by atoms with van der Waals surface area (Å²) < 4.78 is 5.60. The summed E-state index contributed by atoms with van der Waals surface area (Å²) >= 11 is 0. The third-order valence-electron chi connectivity index (χ3n) is 4.09. The second-order valence-electron chi connectivity index (χ2n) is 5.14. The molecule has 0 heterocycles. The summed E-state index contributed by atoms with van der Waals surface area (Å²) in [5.41, 5.74) is 1.49. The number of hydrogen-bond acceptors (Lipinski definition) is 2. The molecule has 1 saturated carbocycles. The molecule has 2 heteroatoms. The minimum Gasteiger partial charge on any atom is -0.370 e. The lowest BCUT2D eigenvalue weighted by Crippen LogP contribution is -2.42. The second kappa shape index (κ2) is 5.66. The fraction of sp³-hybridized carbons (Fsp3) is 0.562. The number of benzene rings is 1. The van der Waals surface area contributed by atoms with Crippen molar-refractivity contribution in [1.29, 1.82) is 0 Å². The summed E-state index contributed by atoms with van der Waals surface area (Å²) in [6.07, 6.45) is 6.12. The number of hydrogen-bond donors (Lipinski definition) is 0. The molecule has 0 atom stereocenters. The summed E-state index contributed by atoms with van der Waals surface area (Å²) in [4.78, 5) is 12.6. The van der Waals surface area contributed by atoms with Crippen LogP contribution in [-0.4, -0.2) is 18.5 Å². The summed E-state index contributed by atoms with van der Waals surface area (Å²) in [5.74, 6) is 0.160. The zero-order valence-electron chi connectivity index (χ0n) is 11.4. The maximum atomic E-state index is 12.6. The SMILES string of the molecule is CCc1ccc(C(=O)C2(OC)CCCCC2)cc1. The van der Waals surface area contributed by atoms with Crippen molar-refractivity contribution in [2.75, 3.05) is 7.11 Å². The predicted octanol–water partition coefficient (Wildman–Crippen LogP) is 3.78. The molecular weight excluding hydrogens is 224 g/mol. The average Bonchev–Trinajstić information content (AvgIpc) is 2.47. The zero-order chi connectivity index (χ0) is 13.0. The van der Waals surface area contributed by atoms with E-state index in [-0.39, 0.29) is 5.78 Å². The summed E-state index contributed by atoms with van der Waals surface area (Å²) in [6, 6.07) is 7.96. The van der Waals surface area contributed by atoms with Gasteiger partial charge in [0.25, 0.3) is 0 Å². The predicted molar refractivity (Wildman–Crippen MR) is 73.0 cm³/mol. The molecule has 2 rings (SSSR count). The highest BCUT2D eigenvalue weighted by Crippen LogP contribution is 2.34. The van der Waals surface area contributed by atoms with E-state index < -0.39 is 5.60 Å². The molecule has 0 amide bonds. The van der Waals surface area contributed by atoms with Crippen LogP contribution in [0.2, 0.25) is 0 Å². The minimum atomic E-state index is -0.564. The zero-order valence-corrected chi connectivity index (χ0v) is 11.4. The molecule has 1 aliphatic carbocycles. The van der Waals surface area contributed by atoms with E-state index in [0.717, 1.165) is 37.7 Å². The largest absolute Gasteiger partial charge is 0.370 e. The first-order chi connectivity index (χ1) is 8.72. The number of carbonyl (C=O) groups is 1. The summed E-state index contributed by atoms with van der Waals surface area (Å²) in [6.45, 7) is 2.12. The fourth-order valence-electron chi connectivity index (χ4n) is 2.80. The molecule has 0 spiro atoms. The lowest BCUT2D eigenvalue weighted by molar-refractivity contribution is -0.0194. The van der Waals surface area contributed by atoms with Crippen molar-refractivity contribution in [2.45, 2.75) is 51.0 Å². The lowest BCUT2D eigenvalue weighted by atomic mass is 9.79. The van der Waals surface area contributed by atoms with Gasteiger partial charge in [0.2, 0.25) is 0 Å². The highest BCUT2D eigenvalue weighted by atomic mass is 16.5. The van der Waals surface area contributed by atoms with E-state index in [1.165, 1.54) is 12.0 Å². The lowest BCUT2D eigenvalue weighted by Gasteiger charge is -2.34. The van der Waals surface area contributed by atoms with Gasteiger partial charge in [0.15, 0.2) is 5.78 Å². The molecule has 98 valence electrons. The molecule has 1 aromatic rings. The van der Waals surface area contributed by atoms with Crippen LogP contribution >= 0.6 is 0 Å². The van der Waals surface area contributed by atoms with Crippen LogP contribution in [0.1, 0.15) is 54.9 Å². The Morgan fingerprint density at radius 1 is 1.17 bits per heavy atom. The van der Waals surface area contributed by atoms with Gasteiger partial charge in [0.1, 0.15) is 5.60 Å². The van der Waals surface area contributed by atoms with E-state index in [0.29, 0.717) is 0 Å². The van der Waals surface area contributed by atoms with Crippen molar-refractivity contribution in [3.8, 4) is 0 Å². The van der Waals surface area contributed by atoms with Crippen LogP contribution in [0.5, 0.6) is 0 Å². The first-order valence-electron chi connectivity index (χ1n) is 6.91. The molecular formula is C16H22O2. The molecule has 0 aromatic heterocycles. The van der Waals surface area contributed by atoms with E-state index in [9.17, 15) is 4.79 Å². The van der Waals surface area contributed by atoms with Crippen molar-refractivity contribution < 1.29 is 9.53 Å². The van der Waals surface area contributed by atoms with Gasteiger partial charge in [0, 0.05) is 12.7 Å². The van der Waals surface area contributed by atoms with E-state index in [1.807, 2.05) is 24.3 Å². The van der Waals surface area contributed by atoms with Gasteiger partial charge in [-0.15, -0.1) is 0 Å². The van der Waals surface area contributed by atoms with Crippen molar-refractivity contribution in [3.05, 3.63) is 35.4 Å². The van der Waals surface area contributed by atoms with Crippen LogP contribution in [0.3, 0.4) is 0 Å². The molecule has 18 heavy (non-hydrogen) atoms. The van der Waals surface area contributed by atoms with Crippen molar-refractivity contribution in [2.24, 2.45) is 0 Å². The Kier molecular flexibility index (Phi) is 4.18. The number of ketones is 1. The van der Waals surface area contributed by atoms with Gasteiger partial charge >= 0.3 is 0 Å². The summed E-state index contributed by atoms with van der Waals surface area (Å²) in [7, 11) is 1.67. The van der Waals surface area contributed by atoms with Gasteiger partial charge in [-0.25, -0.2) is 0 Å². The fourth-order valence-corrected chi connectivity index (χ4v) is 2.80. The van der Waals surface area contributed by atoms with Crippen LogP contribution in [0, 0.1) is 0 Å². The molecule has 1 aromatic carbocycles. The number of ether oxygens (including phenoxy) is 1. The molecule has 0 bridgehead atoms. The monoisotopic (exact) mass is 246 g/mol. The van der Waals surface area contributed by atoms with Crippen LogP contribution in [0.15, 0.2) is 24.3 Å². The van der Waals surface area contributed by atoms with E-state index in [4.69, 9.17) is 4.74 Å². The van der Waals surface area contributed by atoms with Gasteiger partial charge in [-0.1, -0.05) is 50.5 Å². The highest BCUT2D eigenvalue weighted by Gasteiger charge is 2.39. The topological polar surface area (TPSA) is 26.3 Å². The van der Waals surface area contributed by atoms with Gasteiger partial charge in [0.05, 0.1) is 0 Å². The van der Waals surface area contributed by atoms with Crippen molar-refractivity contribution in [1.82, 2.24) is 0 Å². The molecule has 0 N–H and O–H groups in total. The van der Waals surface area contributed by atoms with Gasteiger partial charge in [-0.3, -0.25) is 4.79 Å². The minimum absolute atomic E-state index is 0.160. The maximum Gasteiger partial charge on any atom is 0.194 e. The summed E-state index contributed by atoms with van der Waals surface area (Å²) in [5, 5.41) is 0. The van der Waals surface area contributed by atoms with E-state index >= 15 is 0 Å². The molecule has 0 radical (unpaired) electrons. The van der Waals surface area contributed by atoms with E-state index in [2.05, 4.69) is 6.92 Å². The van der Waals surface area contributed by atoms with Crippen LogP contribution in [0.25, 0.3) is 0 Å². The van der Waals surface area contributed by atoms with Gasteiger partial charge in [-0.2, -0.15) is 0 Å². The first kappa shape index (κ1) is 13.3. The maximum absolute atomic E-state index is 12.6. The van der Waals surface area contributed by atoms with Crippen molar-refractivity contribution in [3.63, 3.8) is 0 Å². The Labute approximate surface area is 109 Å². The molecule has 1 aliphatic rings. The Balaban J connectivity index is 2.22. The average molecular weight is 246 g/mol. The number of Topliss-reactive ketones (excluding diaryl/α,β-unsaturated/α-hetero) is 1. The Morgan fingerprint density at radius 3 is 2.28 bits per heavy atom. The number of rotatable bonds is 4. The van der Waals surface area contributed by atoms with Gasteiger partial charge in [-0.05, 0) is 24.8 Å². The van der Waals surface area contributed by atoms with E-state index in [1.54, 1.807) is 7.11 Å². The molecule has 1 fully saturated rings. The van der Waals surface area contributed by atoms with Crippen LogP contribution in [0.4, 0.5) is 0 Å². The number of carbonyl (C=O) groups excluding carboxylic acids is 1. The molecule has 0 saturated heterocycles. The molecule has 2 nitrogen and oxygen atoms in total. The van der Waals surface area contributed by atoms with Crippen LogP contribution < -0.4 is 0 Å². The standard InChI is InChI=1S/C16H22O2/c1-3-13-7-9-14(10-8-13)15(17)16(18-2)11-5-4-6-12-16/h7-10H,3-6,11-12H2,1-2H3. The van der Waals surface area contributed by atoms with Crippen molar-refractivity contribution >= 4 is 5.78 Å². The molecule has 0 unspecified atom stereocenters. The number of methoxy groups -OCH3 is 1. The first-order valence-corrected chi connectivity index (χ1v) is 6.91. The second-order valence-corrected chi connectivity index (χ2v) is 5.14. The Morgan fingerprint density at radius 2 is 1.78 bits per heavy atom. The van der Waals surface area contributed by atoms with Crippen LogP contribution in [-0.2, 0) is 11.2 Å². The molecule has 0 aliphatic heterocycles. The Hall–Kier alpha value is -1.15. The smallest absolute Gasteiger partial charge is 0.194 e. The quantitative estimate of drug-likeness (QED) is 0.756. The van der Waals surface area contributed by atoms with Gasteiger partial charge < -0.3 is 4.74 Å². The third kappa shape index (κ3) is 2.49. The third-order valence-corrected chi connectivity index (χ3v) is 4.09. The Bertz CT molecular complexity index is 400.